The zero-order valence-corrected chi connectivity index (χ0v) is 5.61. The summed E-state index contributed by atoms with van der Waals surface area (Å²) in [6.07, 6.45) is 0.452. The van der Waals surface area contributed by atoms with E-state index in [0.29, 0.717) is 11.4 Å². The molecule has 0 bridgehead atoms. The second kappa shape index (κ2) is 2.03. The predicted molar refractivity (Wildman–Crippen MR) is 37.8 cm³/mol. The molecule has 1 aromatic rings. The highest BCUT2D eigenvalue weighted by Gasteiger charge is 2.28. The third-order valence-corrected chi connectivity index (χ3v) is 1.60. The van der Waals surface area contributed by atoms with Crippen molar-refractivity contribution in [1.82, 2.24) is 4.98 Å². The molecule has 1 atom stereocenters. The van der Waals surface area contributed by atoms with Crippen molar-refractivity contribution < 1.29 is 9.90 Å². The van der Waals surface area contributed by atoms with Gasteiger partial charge in [0.05, 0.1) is 5.69 Å². The van der Waals surface area contributed by atoms with Crippen LogP contribution in [0.2, 0.25) is 0 Å². The summed E-state index contributed by atoms with van der Waals surface area (Å²) in [6.45, 7) is 0. The van der Waals surface area contributed by atoms with Crippen molar-refractivity contribution in [3.05, 3.63) is 24.0 Å². The molecule has 56 valence electrons. The number of aromatic nitrogens is 1. The van der Waals surface area contributed by atoms with Crippen molar-refractivity contribution in [3.63, 3.8) is 0 Å². The Bertz CT molecular complexity index is 311. The minimum atomic E-state index is -1.09. The number of rotatable bonds is 0. The van der Waals surface area contributed by atoms with Crippen LogP contribution < -0.4 is 5.32 Å². The highest BCUT2D eigenvalue weighted by Crippen LogP contribution is 2.27. The summed E-state index contributed by atoms with van der Waals surface area (Å²) in [6, 6.07) is 3.41. The van der Waals surface area contributed by atoms with E-state index in [9.17, 15) is 9.90 Å². The van der Waals surface area contributed by atoms with Crippen molar-refractivity contribution in [2.75, 3.05) is 5.32 Å². The summed E-state index contributed by atoms with van der Waals surface area (Å²) in [5, 5.41) is 11.7. The van der Waals surface area contributed by atoms with E-state index in [2.05, 4.69) is 10.3 Å². The number of pyridine rings is 1. The molecule has 1 aromatic heterocycles. The summed E-state index contributed by atoms with van der Waals surface area (Å²) in [5.41, 5.74) is 1.02. The van der Waals surface area contributed by atoms with E-state index in [0.717, 1.165) is 0 Å². The van der Waals surface area contributed by atoms with Crippen LogP contribution in [0.3, 0.4) is 0 Å². The topological polar surface area (TPSA) is 62.2 Å². The maximum absolute atomic E-state index is 10.8. The molecule has 0 spiro atoms. The minimum absolute atomic E-state index is 0.404. The molecule has 2 heterocycles. The molecule has 0 aromatic carbocycles. The highest BCUT2D eigenvalue weighted by atomic mass is 16.3. The molecule has 0 saturated heterocycles. The van der Waals surface area contributed by atoms with Gasteiger partial charge in [0.2, 0.25) is 0 Å². The number of carbonyl (C=O) groups is 1. The van der Waals surface area contributed by atoms with Crippen LogP contribution in [0.1, 0.15) is 11.8 Å². The smallest absolute Gasteiger partial charge is 0.259 e. The second-order valence-corrected chi connectivity index (χ2v) is 2.33. The van der Waals surface area contributed by atoms with Gasteiger partial charge in [-0.05, 0) is 12.1 Å². The predicted octanol–water partition coefficient (Wildman–Crippen LogP) is 0.0671. The molecule has 4 nitrogen and oxygen atoms in total. The molecular weight excluding hydrogens is 144 g/mol. The van der Waals surface area contributed by atoms with Gasteiger partial charge in [-0.3, -0.25) is 9.78 Å². The summed E-state index contributed by atoms with van der Waals surface area (Å²) in [4.78, 5) is 14.7. The molecule has 0 radical (unpaired) electrons. The van der Waals surface area contributed by atoms with Crippen molar-refractivity contribution in [2.45, 2.75) is 6.10 Å². The van der Waals surface area contributed by atoms with Crippen molar-refractivity contribution >= 4 is 11.6 Å². The van der Waals surface area contributed by atoms with Gasteiger partial charge >= 0.3 is 0 Å². The standard InChI is InChI=1S/C7H6N2O2/c10-6-5-4(9-7(6)11)2-1-3-8-5/h1-3,6,10H,(H,9,11). The molecule has 1 unspecified atom stereocenters. The monoisotopic (exact) mass is 150 g/mol. The van der Waals surface area contributed by atoms with Crippen LogP contribution in [0, 0.1) is 0 Å². The summed E-state index contributed by atoms with van der Waals surface area (Å²) in [7, 11) is 0. The van der Waals surface area contributed by atoms with Crippen LogP contribution in [0.5, 0.6) is 0 Å². The molecule has 1 amide bonds. The molecule has 1 aliphatic heterocycles. The van der Waals surface area contributed by atoms with Crippen LogP contribution in [0.25, 0.3) is 0 Å². The fraction of sp³-hybridized carbons (Fsp3) is 0.143. The number of amides is 1. The molecule has 1 aliphatic rings. The van der Waals surface area contributed by atoms with Gasteiger partial charge in [-0.2, -0.15) is 0 Å². The average Bonchev–Trinajstić information content (AvgIpc) is 2.30. The third-order valence-electron chi connectivity index (χ3n) is 1.60. The zero-order chi connectivity index (χ0) is 7.84. The van der Waals surface area contributed by atoms with Crippen LogP contribution in [0.15, 0.2) is 18.3 Å². The minimum Gasteiger partial charge on any atom is -0.377 e. The van der Waals surface area contributed by atoms with Crippen molar-refractivity contribution in [1.29, 1.82) is 0 Å². The molecule has 0 saturated carbocycles. The fourth-order valence-electron chi connectivity index (χ4n) is 1.07. The van der Waals surface area contributed by atoms with Gasteiger partial charge in [0, 0.05) is 6.20 Å². The Hall–Kier alpha value is -1.42. The van der Waals surface area contributed by atoms with Crippen molar-refractivity contribution in [3.8, 4) is 0 Å². The van der Waals surface area contributed by atoms with E-state index < -0.39 is 12.0 Å². The number of carbonyl (C=O) groups excluding carboxylic acids is 1. The number of anilines is 1. The van der Waals surface area contributed by atoms with E-state index in [1.165, 1.54) is 0 Å². The number of fused-ring (bicyclic) bond motifs is 1. The molecule has 0 aliphatic carbocycles. The fourth-order valence-corrected chi connectivity index (χ4v) is 1.07. The number of hydrogen-bond donors (Lipinski definition) is 2. The van der Waals surface area contributed by atoms with Gasteiger partial charge < -0.3 is 10.4 Å². The molecule has 11 heavy (non-hydrogen) atoms. The Morgan fingerprint density at radius 2 is 2.45 bits per heavy atom. The third kappa shape index (κ3) is 0.798. The number of aliphatic hydroxyl groups is 1. The first kappa shape index (κ1) is 6.30. The first-order valence-electron chi connectivity index (χ1n) is 3.23. The lowest BCUT2D eigenvalue weighted by atomic mass is 10.2. The zero-order valence-electron chi connectivity index (χ0n) is 5.61. The van der Waals surface area contributed by atoms with Gasteiger partial charge in [-0.15, -0.1) is 0 Å². The van der Waals surface area contributed by atoms with E-state index in [-0.39, 0.29) is 0 Å². The van der Waals surface area contributed by atoms with Gasteiger partial charge in [-0.1, -0.05) is 0 Å². The lowest BCUT2D eigenvalue weighted by Gasteiger charge is -1.95. The lowest BCUT2D eigenvalue weighted by Crippen LogP contribution is -2.10. The Balaban J connectivity index is 2.55. The van der Waals surface area contributed by atoms with Crippen molar-refractivity contribution in [2.24, 2.45) is 0 Å². The van der Waals surface area contributed by atoms with Gasteiger partial charge in [0.15, 0.2) is 6.10 Å². The molecule has 0 fully saturated rings. The molecule has 2 rings (SSSR count). The van der Waals surface area contributed by atoms with Crippen LogP contribution in [-0.2, 0) is 4.79 Å². The molecule has 4 heteroatoms. The van der Waals surface area contributed by atoms with Gasteiger partial charge in [0.1, 0.15) is 5.69 Å². The van der Waals surface area contributed by atoms with Gasteiger partial charge in [-0.25, -0.2) is 0 Å². The highest BCUT2D eigenvalue weighted by molar-refractivity contribution is 6.00. The SMILES string of the molecule is O=C1Nc2cccnc2C1O. The van der Waals surface area contributed by atoms with E-state index in [4.69, 9.17) is 0 Å². The Morgan fingerprint density at radius 3 is 3.18 bits per heavy atom. The Morgan fingerprint density at radius 1 is 1.64 bits per heavy atom. The summed E-state index contributed by atoms with van der Waals surface area (Å²) in [5.74, 6) is -0.404. The van der Waals surface area contributed by atoms with E-state index in [1.54, 1.807) is 18.3 Å². The molecule has 2 N–H and O–H groups in total. The summed E-state index contributed by atoms with van der Waals surface area (Å²) >= 11 is 0. The normalized spacial score (nSPS) is 21.2. The number of aliphatic hydroxyl groups excluding tert-OH is 1. The van der Waals surface area contributed by atoms with Crippen LogP contribution in [-0.4, -0.2) is 16.0 Å². The lowest BCUT2D eigenvalue weighted by molar-refractivity contribution is -0.123. The van der Waals surface area contributed by atoms with Gasteiger partial charge in [0.25, 0.3) is 5.91 Å². The Labute approximate surface area is 62.9 Å². The maximum Gasteiger partial charge on any atom is 0.259 e. The molecular formula is C7H6N2O2. The number of nitrogens with zero attached hydrogens (tertiary/aromatic N) is 1. The second-order valence-electron chi connectivity index (χ2n) is 2.33. The van der Waals surface area contributed by atoms with Crippen LogP contribution >= 0.6 is 0 Å². The number of nitrogens with one attached hydrogen (secondary N) is 1. The largest absolute Gasteiger partial charge is 0.377 e. The maximum atomic E-state index is 10.8. The quantitative estimate of drug-likeness (QED) is 0.550. The number of hydrogen-bond acceptors (Lipinski definition) is 3. The van der Waals surface area contributed by atoms with E-state index >= 15 is 0 Å². The van der Waals surface area contributed by atoms with Crippen LogP contribution in [0.4, 0.5) is 5.69 Å². The summed E-state index contributed by atoms with van der Waals surface area (Å²) < 4.78 is 0. The average molecular weight is 150 g/mol. The van der Waals surface area contributed by atoms with E-state index in [1.807, 2.05) is 0 Å². The first-order chi connectivity index (χ1) is 5.29. The Kier molecular flexibility index (Phi) is 1.16. The first-order valence-corrected chi connectivity index (χ1v) is 3.23.